The number of benzene rings is 2. The third-order valence-corrected chi connectivity index (χ3v) is 7.98. The summed E-state index contributed by atoms with van der Waals surface area (Å²) >= 11 is 0. The van der Waals surface area contributed by atoms with E-state index in [1.807, 2.05) is 6.07 Å². The SMILES string of the molecule is N#C[C@@H]1C[C@@H](C(=O)CCc2cc(-c3ccc(C(F)(F)F)cc3)ncn2)N(S(=O)(=O)c2ccc(F)cc2)C1. The van der Waals surface area contributed by atoms with E-state index in [2.05, 4.69) is 9.97 Å². The van der Waals surface area contributed by atoms with E-state index in [-0.39, 0.29) is 30.7 Å². The number of hydrogen-bond acceptors (Lipinski definition) is 6. The molecule has 2 atom stereocenters. The summed E-state index contributed by atoms with van der Waals surface area (Å²) in [6.45, 7) is -0.155. The van der Waals surface area contributed by atoms with Gasteiger partial charge in [-0.05, 0) is 55.3 Å². The third kappa shape index (κ3) is 5.84. The highest BCUT2D eigenvalue weighted by Crippen LogP contribution is 2.32. The summed E-state index contributed by atoms with van der Waals surface area (Å²) in [5, 5.41) is 9.35. The van der Waals surface area contributed by atoms with Crippen molar-refractivity contribution in [2.45, 2.75) is 36.4 Å². The van der Waals surface area contributed by atoms with Gasteiger partial charge in [0.1, 0.15) is 12.1 Å². The molecule has 192 valence electrons. The Morgan fingerprint density at radius 2 is 1.76 bits per heavy atom. The Balaban J connectivity index is 1.49. The summed E-state index contributed by atoms with van der Waals surface area (Å²) in [5.41, 5.74) is 0.467. The highest BCUT2D eigenvalue weighted by molar-refractivity contribution is 7.89. The minimum Gasteiger partial charge on any atom is -0.298 e. The lowest BCUT2D eigenvalue weighted by atomic mass is 10.0. The van der Waals surface area contributed by atoms with Gasteiger partial charge in [0.05, 0.1) is 34.2 Å². The smallest absolute Gasteiger partial charge is 0.298 e. The quantitative estimate of drug-likeness (QED) is 0.418. The number of nitriles is 1. The molecule has 1 fully saturated rings. The van der Waals surface area contributed by atoms with Crippen molar-refractivity contribution in [3.05, 3.63) is 78.0 Å². The summed E-state index contributed by atoms with van der Waals surface area (Å²) in [6, 6.07) is 11.2. The number of halogens is 4. The molecule has 2 heterocycles. The lowest BCUT2D eigenvalue weighted by Crippen LogP contribution is -2.40. The first-order chi connectivity index (χ1) is 17.5. The van der Waals surface area contributed by atoms with Gasteiger partial charge in [0.2, 0.25) is 10.0 Å². The summed E-state index contributed by atoms with van der Waals surface area (Å²) in [4.78, 5) is 21.1. The second-order valence-electron chi connectivity index (χ2n) is 8.54. The summed E-state index contributed by atoms with van der Waals surface area (Å²) in [7, 11) is -4.14. The van der Waals surface area contributed by atoms with E-state index in [0.717, 1.165) is 40.7 Å². The van der Waals surface area contributed by atoms with E-state index < -0.39 is 45.3 Å². The van der Waals surface area contributed by atoms with Crippen molar-refractivity contribution in [3.63, 3.8) is 0 Å². The Bertz CT molecular complexity index is 1440. The van der Waals surface area contributed by atoms with Crippen LogP contribution in [-0.2, 0) is 27.4 Å². The van der Waals surface area contributed by atoms with E-state index in [9.17, 15) is 36.0 Å². The van der Waals surface area contributed by atoms with Crippen LogP contribution in [0.3, 0.4) is 0 Å². The molecule has 3 aromatic rings. The van der Waals surface area contributed by atoms with Gasteiger partial charge in [0.15, 0.2) is 5.78 Å². The number of hydrogen-bond donors (Lipinski definition) is 0. The monoisotopic (exact) mass is 532 g/mol. The van der Waals surface area contributed by atoms with Crippen LogP contribution < -0.4 is 0 Å². The van der Waals surface area contributed by atoms with Gasteiger partial charge in [-0.1, -0.05) is 12.1 Å². The van der Waals surface area contributed by atoms with Crippen LogP contribution in [0.25, 0.3) is 11.3 Å². The lowest BCUT2D eigenvalue weighted by molar-refractivity contribution is -0.137. The van der Waals surface area contributed by atoms with Crippen LogP contribution in [0.5, 0.6) is 0 Å². The minimum atomic E-state index is -4.46. The van der Waals surface area contributed by atoms with E-state index in [1.165, 1.54) is 18.5 Å². The van der Waals surface area contributed by atoms with Gasteiger partial charge < -0.3 is 0 Å². The van der Waals surface area contributed by atoms with Crippen molar-refractivity contribution in [2.75, 3.05) is 6.54 Å². The topological polar surface area (TPSA) is 104 Å². The zero-order valence-electron chi connectivity index (χ0n) is 19.2. The molecule has 0 amide bonds. The second kappa shape index (κ2) is 10.4. The molecule has 37 heavy (non-hydrogen) atoms. The highest BCUT2D eigenvalue weighted by atomic mass is 32.2. The highest BCUT2D eigenvalue weighted by Gasteiger charge is 2.43. The number of carbonyl (C=O) groups excluding carboxylic acids is 1. The predicted octanol–water partition coefficient (Wildman–Crippen LogP) is 4.41. The number of sulfonamides is 1. The first-order valence-corrected chi connectivity index (χ1v) is 12.6. The fraction of sp³-hybridized carbons (Fsp3) is 0.280. The van der Waals surface area contributed by atoms with Crippen LogP contribution in [0.1, 0.15) is 24.1 Å². The first kappa shape index (κ1) is 26.4. The number of ketones is 1. The average Bonchev–Trinajstić information content (AvgIpc) is 3.33. The number of aryl methyl sites for hydroxylation is 1. The Kier molecular flexibility index (Phi) is 7.38. The Morgan fingerprint density at radius 1 is 1.08 bits per heavy atom. The van der Waals surface area contributed by atoms with Gasteiger partial charge in [-0.2, -0.15) is 22.7 Å². The molecule has 0 N–H and O–H groups in total. The molecule has 0 spiro atoms. The van der Waals surface area contributed by atoms with Gasteiger partial charge in [-0.15, -0.1) is 0 Å². The summed E-state index contributed by atoms with van der Waals surface area (Å²) < 4.78 is 79.0. The number of alkyl halides is 3. The molecule has 1 aliphatic heterocycles. The standard InChI is InChI=1S/C25H20F4N4O3S/c26-19-5-8-21(9-6-19)37(35,36)33-14-16(13-30)11-23(33)24(34)10-7-20-12-22(32-15-31-20)17-1-3-18(4-2-17)25(27,28)29/h1-6,8-9,12,15-16,23H,7,10-11,14H2/t16-,23-/m0/s1. The third-order valence-electron chi connectivity index (χ3n) is 6.09. The maximum Gasteiger partial charge on any atom is 0.416 e. The van der Waals surface area contributed by atoms with E-state index in [4.69, 9.17) is 0 Å². The van der Waals surface area contributed by atoms with Crippen molar-refractivity contribution >= 4 is 15.8 Å². The maximum atomic E-state index is 13.3. The number of rotatable bonds is 7. The molecular weight excluding hydrogens is 512 g/mol. The van der Waals surface area contributed by atoms with Gasteiger partial charge in [0, 0.05) is 24.2 Å². The van der Waals surface area contributed by atoms with E-state index in [1.54, 1.807) is 6.07 Å². The largest absolute Gasteiger partial charge is 0.416 e. The molecule has 4 rings (SSSR count). The molecule has 1 saturated heterocycles. The molecule has 0 aliphatic carbocycles. The van der Waals surface area contributed by atoms with Crippen LogP contribution in [0.4, 0.5) is 17.6 Å². The molecule has 12 heteroatoms. The van der Waals surface area contributed by atoms with Crippen LogP contribution in [0.15, 0.2) is 65.8 Å². The molecule has 0 unspecified atom stereocenters. The fourth-order valence-electron chi connectivity index (χ4n) is 4.14. The minimum absolute atomic E-state index is 0.0380. The van der Waals surface area contributed by atoms with Gasteiger partial charge in [-0.3, -0.25) is 4.79 Å². The normalized spacial score (nSPS) is 18.5. The molecule has 0 saturated carbocycles. The van der Waals surface area contributed by atoms with Gasteiger partial charge in [-0.25, -0.2) is 22.8 Å². The fourth-order valence-corrected chi connectivity index (χ4v) is 5.80. The number of carbonyl (C=O) groups is 1. The van der Waals surface area contributed by atoms with E-state index in [0.29, 0.717) is 17.0 Å². The molecule has 1 aromatic heterocycles. The van der Waals surface area contributed by atoms with Crippen LogP contribution in [0.2, 0.25) is 0 Å². The zero-order chi connectivity index (χ0) is 26.8. The maximum absolute atomic E-state index is 13.3. The molecule has 2 aromatic carbocycles. The van der Waals surface area contributed by atoms with Crippen molar-refractivity contribution in [2.24, 2.45) is 5.92 Å². The zero-order valence-corrected chi connectivity index (χ0v) is 20.0. The summed E-state index contributed by atoms with van der Waals surface area (Å²) in [6.07, 6.45) is -3.14. The molecular formula is C25H20F4N4O3S. The van der Waals surface area contributed by atoms with Crippen molar-refractivity contribution in [3.8, 4) is 17.3 Å². The Hall–Kier alpha value is -3.69. The summed E-state index contributed by atoms with van der Waals surface area (Å²) in [5.74, 6) is -1.68. The second-order valence-corrected chi connectivity index (χ2v) is 10.4. The van der Waals surface area contributed by atoms with Crippen molar-refractivity contribution < 1.29 is 30.8 Å². The first-order valence-electron chi connectivity index (χ1n) is 11.2. The van der Waals surface area contributed by atoms with Gasteiger partial charge >= 0.3 is 6.18 Å². The lowest BCUT2D eigenvalue weighted by Gasteiger charge is -2.23. The van der Waals surface area contributed by atoms with Gasteiger partial charge in [0.25, 0.3) is 0 Å². The van der Waals surface area contributed by atoms with E-state index >= 15 is 0 Å². The van der Waals surface area contributed by atoms with Crippen LogP contribution >= 0.6 is 0 Å². The number of aromatic nitrogens is 2. The van der Waals surface area contributed by atoms with Crippen molar-refractivity contribution in [1.29, 1.82) is 5.26 Å². The number of Topliss-reactive ketones (excluding diaryl/α,β-unsaturated/α-hetero) is 1. The molecule has 7 nitrogen and oxygen atoms in total. The number of nitrogens with zero attached hydrogens (tertiary/aromatic N) is 4. The van der Waals surface area contributed by atoms with Crippen LogP contribution in [0, 0.1) is 23.1 Å². The van der Waals surface area contributed by atoms with Crippen LogP contribution in [-0.4, -0.2) is 41.1 Å². The molecule has 1 aliphatic rings. The molecule has 0 bridgehead atoms. The predicted molar refractivity (Wildman–Crippen MR) is 124 cm³/mol. The average molecular weight is 533 g/mol. The van der Waals surface area contributed by atoms with Crippen molar-refractivity contribution in [1.82, 2.24) is 14.3 Å². The Labute approximate surface area is 210 Å². The Morgan fingerprint density at radius 3 is 2.38 bits per heavy atom. The molecule has 0 radical (unpaired) electrons.